The molecule has 0 fully saturated rings. The summed E-state index contributed by atoms with van der Waals surface area (Å²) in [6.07, 6.45) is 1.53. The predicted octanol–water partition coefficient (Wildman–Crippen LogP) is 2.74. The lowest BCUT2D eigenvalue weighted by Gasteiger charge is -2.16. The lowest BCUT2D eigenvalue weighted by Crippen LogP contribution is -2.16. The van der Waals surface area contributed by atoms with E-state index >= 15 is 0 Å². The van der Waals surface area contributed by atoms with E-state index in [0.29, 0.717) is 22.3 Å². The van der Waals surface area contributed by atoms with Crippen molar-refractivity contribution in [1.29, 1.82) is 0 Å². The second-order valence-corrected chi connectivity index (χ2v) is 4.62. The van der Waals surface area contributed by atoms with Crippen LogP contribution in [0.1, 0.15) is 19.8 Å². The fourth-order valence-corrected chi connectivity index (χ4v) is 1.78. The summed E-state index contributed by atoms with van der Waals surface area (Å²) in [4.78, 5) is 0. The van der Waals surface area contributed by atoms with Crippen LogP contribution >= 0.6 is 15.9 Å². The van der Waals surface area contributed by atoms with Crippen LogP contribution in [0, 0.1) is 5.82 Å². The van der Waals surface area contributed by atoms with E-state index in [4.69, 9.17) is 10.8 Å². The highest BCUT2D eigenvalue weighted by Crippen LogP contribution is 2.27. The third-order valence-electron chi connectivity index (χ3n) is 2.29. The fraction of sp³-hybridized carbons (Fsp3) is 0.455. The highest BCUT2D eigenvalue weighted by Gasteiger charge is 2.08. The lowest BCUT2D eigenvalue weighted by atomic mass is 10.1. The molecule has 1 aromatic rings. The van der Waals surface area contributed by atoms with Crippen molar-refractivity contribution in [3.8, 4) is 0 Å². The highest BCUT2D eigenvalue weighted by atomic mass is 79.9. The van der Waals surface area contributed by atoms with Crippen LogP contribution in [0.3, 0.4) is 0 Å². The minimum Gasteiger partial charge on any atom is -0.397 e. The molecule has 5 heteroatoms. The van der Waals surface area contributed by atoms with Gasteiger partial charge in [0.2, 0.25) is 0 Å². The summed E-state index contributed by atoms with van der Waals surface area (Å²) >= 11 is 3.07. The van der Waals surface area contributed by atoms with E-state index in [0.717, 1.165) is 6.42 Å². The summed E-state index contributed by atoms with van der Waals surface area (Å²) in [5, 5.41) is 11.8. The minimum atomic E-state index is -0.342. The van der Waals surface area contributed by atoms with Gasteiger partial charge in [0.05, 0.1) is 15.8 Å². The number of hydrogen-bond donors (Lipinski definition) is 3. The van der Waals surface area contributed by atoms with Gasteiger partial charge >= 0.3 is 0 Å². The van der Waals surface area contributed by atoms with Crippen LogP contribution in [0.2, 0.25) is 0 Å². The molecule has 1 atom stereocenters. The summed E-state index contributed by atoms with van der Waals surface area (Å²) in [7, 11) is 0. The molecule has 1 rings (SSSR count). The van der Waals surface area contributed by atoms with Crippen molar-refractivity contribution >= 4 is 27.3 Å². The van der Waals surface area contributed by atoms with Gasteiger partial charge < -0.3 is 16.2 Å². The molecule has 0 spiro atoms. The van der Waals surface area contributed by atoms with Crippen LogP contribution < -0.4 is 11.1 Å². The quantitative estimate of drug-likeness (QED) is 0.731. The first-order chi connectivity index (χ1) is 7.54. The fourth-order valence-electron chi connectivity index (χ4n) is 1.42. The molecule has 1 aromatic carbocycles. The van der Waals surface area contributed by atoms with Gasteiger partial charge in [-0.05, 0) is 41.8 Å². The molecular formula is C11H16BrFN2O. The maximum Gasteiger partial charge on any atom is 0.139 e. The molecule has 0 aromatic heterocycles. The van der Waals surface area contributed by atoms with Crippen molar-refractivity contribution in [3.05, 3.63) is 22.4 Å². The van der Waals surface area contributed by atoms with Crippen molar-refractivity contribution in [1.82, 2.24) is 0 Å². The Bertz CT molecular complexity index is 360. The molecule has 16 heavy (non-hydrogen) atoms. The summed E-state index contributed by atoms with van der Waals surface area (Å²) in [5.74, 6) is -0.342. The second kappa shape index (κ2) is 6.06. The van der Waals surface area contributed by atoms with E-state index in [1.54, 1.807) is 0 Å². The average Bonchev–Trinajstić information content (AvgIpc) is 2.23. The molecule has 0 bridgehead atoms. The van der Waals surface area contributed by atoms with E-state index in [1.165, 1.54) is 12.1 Å². The van der Waals surface area contributed by atoms with Crippen LogP contribution in [-0.4, -0.2) is 17.8 Å². The topological polar surface area (TPSA) is 58.3 Å². The number of nitrogens with one attached hydrogen (secondary N) is 1. The number of nitrogen functional groups attached to an aromatic ring is 1. The lowest BCUT2D eigenvalue weighted by molar-refractivity contribution is 0.282. The normalized spacial score (nSPS) is 12.5. The Morgan fingerprint density at radius 1 is 1.56 bits per heavy atom. The van der Waals surface area contributed by atoms with Gasteiger partial charge in [-0.2, -0.15) is 0 Å². The minimum absolute atomic E-state index is 0.148. The standard InChI is InChI=1S/C11H16BrFN2O/c1-7(3-2-4-16)15-11-6-9(13)8(12)5-10(11)14/h5-7,15-16H,2-4,14H2,1H3. The second-order valence-electron chi connectivity index (χ2n) is 3.76. The molecule has 0 aliphatic heterocycles. The van der Waals surface area contributed by atoms with Gasteiger partial charge in [0, 0.05) is 18.7 Å². The maximum absolute atomic E-state index is 13.3. The largest absolute Gasteiger partial charge is 0.397 e. The van der Waals surface area contributed by atoms with Crippen molar-refractivity contribution in [2.24, 2.45) is 0 Å². The number of hydrogen-bond acceptors (Lipinski definition) is 3. The van der Waals surface area contributed by atoms with Gasteiger partial charge in [0.1, 0.15) is 5.82 Å². The molecule has 90 valence electrons. The average molecular weight is 291 g/mol. The maximum atomic E-state index is 13.3. The first kappa shape index (κ1) is 13.3. The van der Waals surface area contributed by atoms with Crippen molar-refractivity contribution in [2.75, 3.05) is 17.7 Å². The zero-order valence-corrected chi connectivity index (χ0v) is 10.7. The molecule has 4 N–H and O–H groups in total. The number of nitrogens with two attached hydrogens (primary N) is 1. The van der Waals surface area contributed by atoms with Crippen LogP contribution in [0.15, 0.2) is 16.6 Å². The summed E-state index contributed by atoms with van der Waals surface area (Å²) in [5.41, 5.74) is 6.85. The molecule has 0 saturated carbocycles. The molecule has 0 saturated heterocycles. The molecule has 0 heterocycles. The smallest absolute Gasteiger partial charge is 0.139 e. The number of anilines is 2. The number of halogens is 2. The zero-order valence-electron chi connectivity index (χ0n) is 9.13. The Kier molecular flexibility index (Phi) is 5.02. The van der Waals surface area contributed by atoms with Crippen molar-refractivity contribution < 1.29 is 9.50 Å². The number of aliphatic hydroxyl groups excluding tert-OH is 1. The van der Waals surface area contributed by atoms with E-state index in [-0.39, 0.29) is 18.5 Å². The molecule has 0 aliphatic rings. The Hall–Kier alpha value is -0.810. The number of benzene rings is 1. The Morgan fingerprint density at radius 3 is 2.88 bits per heavy atom. The molecule has 0 radical (unpaired) electrons. The van der Waals surface area contributed by atoms with Gasteiger partial charge in [-0.25, -0.2) is 4.39 Å². The van der Waals surface area contributed by atoms with E-state index < -0.39 is 0 Å². The van der Waals surface area contributed by atoms with Crippen LogP contribution in [0.5, 0.6) is 0 Å². The van der Waals surface area contributed by atoms with Gasteiger partial charge in [-0.1, -0.05) is 0 Å². The zero-order chi connectivity index (χ0) is 12.1. The molecular weight excluding hydrogens is 275 g/mol. The summed E-state index contributed by atoms with van der Waals surface area (Å²) < 4.78 is 13.6. The molecule has 0 aliphatic carbocycles. The van der Waals surface area contributed by atoms with Gasteiger partial charge in [-0.3, -0.25) is 0 Å². The third-order valence-corrected chi connectivity index (χ3v) is 2.90. The molecule has 3 nitrogen and oxygen atoms in total. The van der Waals surface area contributed by atoms with Crippen LogP contribution in [0.25, 0.3) is 0 Å². The SMILES string of the molecule is CC(CCCO)Nc1cc(F)c(Br)cc1N. The van der Waals surface area contributed by atoms with Crippen molar-refractivity contribution in [3.63, 3.8) is 0 Å². The first-order valence-corrected chi connectivity index (χ1v) is 5.95. The van der Waals surface area contributed by atoms with E-state index in [9.17, 15) is 4.39 Å². The van der Waals surface area contributed by atoms with E-state index in [2.05, 4.69) is 21.2 Å². The third kappa shape index (κ3) is 3.64. The highest BCUT2D eigenvalue weighted by molar-refractivity contribution is 9.10. The van der Waals surface area contributed by atoms with Crippen LogP contribution in [-0.2, 0) is 0 Å². The van der Waals surface area contributed by atoms with Crippen LogP contribution in [0.4, 0.5) is 15.8 Å². The van der Waals surface area contributed by atoms with E-state index in [1.807, 2.05) is 6.92 Å². The molecule has 0 amide bonds. The number of aliphatic hydroxyl groups is 1. The summed E-state index contributed by atoms with van der Waals surface area (Å²) in [6, 6.07) is 3.06. The Balaban J connectivity index is 2.69. The van der Waals surface area contributed by atoms with Crippen molar-refractivity contribution in [2.45, 2.75) is 25.8 Å². The molecule has 1 unspecified atom stereocenters. The van der Waals surface area contributed by atoms with Gasteiger partial charge in [0.15, 0.2) is 0 Å². The Labute approximate surface area is 103 Å². The first-order valence-electron chi connectivity index (χ1n) is 5.16. The summed E-state index contributed by atoms with van der Waals surface area (Å²) in [6.45, 7) is 2.13. The predicted molar refractivity (Wildman–Crippen MR) is 67.9 cm³/mol. The Morgan fingerprint density at radius 2 is 2.25 bits per heavy atom. The number of rotatable bonds is 5. The van der Waals surface area contributed by atoms with Gasteiger partial charge in [-0.15, -0.1) is 0 Å². The monoisotopic (exact) mass is 290 g/mol. The van der Waals surface area contributed by atoms with Gasteiger partial charge in [0.25, 0.3) is 0 Å².